The number of rotatable bonds is 5. The van der Waals surface area contributed by atoms with Crippen molar-refractivity contribution in [3.63, 3.8) is 0 Å². The summed E-state index contributed by atoms with van der Waals surface area (Å²) in [7, 11) is 0. The fraction of sp³-hybridized carbons (Fsp3) is 0.588. The van der Waals surface area contributed by atoms with E-state index >= 15 is 0 Å². The molecule has 1 aliphatic rings. The van der Waals surface area contributed by atoms with E-state index < -0.39 is 0 Å². The van der Waals surface area contributed by atoms with Gasteiger partial charge in [0.25, 0.3) is 0 Å². The third kappa shape index (κ3) is 2.88. The van der Waals surface area contributed by atoms with Gasteiger partial charge in [0, 0.05) is 18.9 Å². The molecule has 3 nitrogen and oxygen atoms in total. The first-order valence-electron chi connectivity index (χ1n) is 7.73. The Morgan fingerprint density at radius 2 is 2.10 bits per heavy atom. The van der Waals surface area contributed by atoms with Gasteiger partial charge in [-0.1, -0.05) is 26.8 Å². The van der Waals surface area contributed by atoms with E-state index in [-0.39, 0.29) is 0 Å². The highest BCUT2D eigenvalue weighted by molar-refractivity contribution is 5.41. The minimum Gasteiger partial charge on any atom is -0.312 e. The van der Waals surface area contributed by atoms with Crippen molar-refractivity contribution in [3.05, 3.63) is 35.8 Å². The van der Waals surface area contributed by atoms with E-state index in [2.05, 4.69) is 60.0 Å². The van der Waals surface area contributed by atoms with Gasteiger partial charge in [0.2, 0.25) is 0 Å². The first-order chi connectivity index (χ1) is 9.55. The molecule has 0 aliphatic heterocycles. The Labute approximate surface area is 121 Å². The minimum atomic E-state index is 0.582. The molecule has 1 aliphatic carbocycles. The van der Waals surface area contributed by atoms with Crippen LogP contribution >= 0.6 is 0 Å². The second-order valence-corrected chi connectivity index (χ2v) is 6.96. The second kappa shape index (κ2) is 5.21. The van der Waals surface area contributed by atoms with E-state index in [1.807, 2.05) is 0 Å². The van der Waals surface area contributed by atoms with Gasteiger partial charge in [0.05, 0.1) is 5.69 Å². The molecule has 20 heavy (non-hydrogen) atoms. The molecular formula is C17H25N3. The number of pyridine rings is 1. The number of hydrogen-bond donors (Lipinski definition) is 1. The predicted molar refractivity (Wildman–Crippen MR) is 82.8 cm³/mol. The Morgan fingerprint density at radius 1 is 1.30 bits per heavy atom. The van der Waals surface area contributed by atoms with E-state index in [4.69, 9.17) is 0 Å². The molecule has 0 bridgehead atoms. The summed E-state index contributed by atoms with van der Waals surface area (Å²) < 4.78 is 2.14. The van der Waals surface area contributed by atoms with Gasteiger partial charge in [-0.3, -0.25) is 0 Å². The number of aromatic nitrogens is 2. The summed E-state index contributed by atoms with van der Waals surface area (Å²) in [6, 6.07) is 4.29. The van der Waals surface area contributed by atoms with Crippen LogP contribution in [0, 0.1) is 11.3 Å². The zero-order valence-corrected chi connectivity index (χ0v) is 12.8. The summed E-state index contributed by atoms with van der Waals surface area (Å²) in [6.45, 7) is 8.96. The van der Waals surface area contributed by atoms with E-state index in [1.165, 1.54) is 18.4 Å². The number of fused-ring (bicyclic) bond motifs is 1. The van der Waals surface area contributed by atoms with Crippen LogP contribution in [0.5, 0.6) is 0 Å². The summed E-state index contributed by atoms with van der Waals surface area (Å²) >= 11 is 0. The Morgan fingerprint density at radius 3 is 2.80 bits per heavy atom. The summed E-state index contributed by atoms with van der Waals surface area (Å²) in [5.74, 6) is 0.869. The maximum absolute atomic E-state index is 4.56. The van der Waals surface area contributed by atoms with Crippen molar-refractivity contribution in [1.29, 1.82) is 0 Å². The van der Waals surface area contributed by atoms with Crippen molar-refractivity contribution < 1.29 is 0 Å². The molecule has 3 heteroatoms. The van der Waals surface area contributed by atoms with Gasteiger partial charge in [0.15, 0.2) is 0 Å². The molecule has 3 rings (SSSR count). The smallest absolute Gasteiger partial charge is 0.136 e. The summed E-state index contributed by atoms with van der Waals surface area (Å²) in [4.78, 5) is 4.56. The Hall–Kier alpha value is -1.35. The summed E-state index contributed by atoms with van der Waals surface area (Å²) in [5.41, 5.74) is 4.12. The minimum absolute atomic E-state index is 0.582. The lowest BCUT2D eigenvalue weighted by molar-refractivity contribution is 0.0957. The maximum atomic E-state index is 4.56. The lowest BCUT2D eigenvalue weighted by Crippen LogP contribution is -2.38. The second-order valence-electron chi connectivity index (χ2n) is 6.96. The van der Waals surface area contributed by atoms with Gasteiger partial charge in [-0.05, 0) is 48.8 Å². The van der Waals surface area contributed by atoms with Gasteiger partial charge in [0.1, 0.15) is 5.65 Å². The SMILES string of the molecule is CCc1cn2cc(CNCC3CC(C)(C)C3)ccc2n1. The molecule has 0 saturated heterocycles. The average molecular weight is 271 g/mol. The Kier molecular flexibility index (Phi) is 3.55. The fourth-order valence-corrected chi connectivity index (χ4v) is 3.43. The Bertz CT molecular complexity index is 589. The highest BCUT2D eigenvalue weighted by Gasteiger charge is 2.35. The van der Waals surface area contributed by atoms with Gasteiger partial charge in [-0.25, -0.2) is 4.98 Å². The van der Waals surface area contributed by atoms with Crippen LogP contribution in [0.15, 0.2) is 24.5 Å². The van der Waals surface area contributed by atoms with Gasteiger partial charge >= 0.3 is 0 Å². The van der Waals surface area contributed by atoms with Crippen molar-refractivity contribution in [2.45, 2.75) is 46.6 Å². The van der Waals surface area contributed by atoms with Crippen LogP contribution in [0.1, 0.15) is 44.9 Å². The highest BCUT2D eigenvalue weighted by Crippen LogP contribution is 2.44. The lowest BCUT2D eigenvalue weighted by Gasteiger charge is -2.42. The van der Waals surface area contributed by atoms with Gasteiger partial charge < -0.3 is 9.72 Å². The number of hydrogen-bond acceptors (Lipinski definition) is 2. The van der Waals surface area contributed by atoms with E-state index in [0.29, 0.717) is 5.41 Å². The van der Waals surface area contributed by atoms with Crippen LogP contribution in [-0.4, -0.2) is 15.9 Å². The van der Waals surface area contributed by atoms with Crippen molar-refractivity contribution in [1.82, 2.24) is 14.7 Å². The Balaban J connectivity index is 1.55. The molecule has 0 aromatic carbocycles. The largest absolute Gasteiger partial charge is 0.312 e. The normalized spacial score (nSPS) is 18.4. The first-order valence-corrected chi connectivity index (χ1v) is 7.73. The number of nitrogens with one attached hydrogen (secondary N) is 1. The fourth-order valence-electron chi connectivity index (χ4n) is 3.43. The van der Waals surface area contributed by atoms with Gasteiger partial charge in [-0.2, -0.15) is 0 Å². The molecular weight excluding hydrogens is 246 g/mol. The third-order valence-corrected chi connectivity index (χ3v) is 4.37. The zero-order valence-electron chi connectivity index (χ0n) is 12.8. The molecule has 2 heterocycles. The number of imidazole rings is 1. The van der Waals surface area contributed by atoms with Gasteiger partial charge in [-0.15, -0.1) is 0 Å². The van der Waals surface area contributed by atoms with Crippen molar-refractivity contribution >= 4 is 5.65 Å². The quantitative estimate of drug-likeness (QED) is 0.903. The molecule has 108 valence electrons. The molecule has 0 amide bonds. The molecule has 2 aromatic rings. The van der Waals surface area contributed by atoms with E-state index in [9.17, 15) is 0 Å². The van der Waals surface area contributed by atoms with Crippen molar-refractivity contribution in [3.8, 4) is 0 Å². The molecule has 0 radical (unpaired) electrons. The number of nitrogens with zero attached hydrogens (tertiary/aromatic N) is 2. The topological polar surface area (TPSA) is 29.3 Å². The van der Waals surface area contributed by atoms with E-state index in [0.717, 1.165) is 36.8 Å². The monoisotopic (exact) mass is 271 g/mol. The molecule has 1 fully saturated rings. The highest BCUT2D eigenvalue weighted by atomic mass is 15.0. The van der Waals surface area contributed by atoms with Crippen LogP contribution in [0.25, 0.3) is 5.65 Å². The molecule has 0 atom stereocenters. The van der Waals surface area contributed by atoms with Crippen LogP contribution in [0.3, 0.4) is 0 Å². The van der Waals surface area contributed by atoms with Crippen LogP contribution < -0.4 is 5.32 Å². The molecule has 2 aromatic heterocycles. The first kappa shape index (κ1) is 13.6. The molecule has 1 N–H and O–H groups in total. The van der Waals surface area contributed by atoms with Crippen LogP contribution in [0.2, 0.25) is 0 Å². The summed E-state index contributed by atoms with van der Waals surface area (Å²) in [5, 5.41) is 3.59. The maximum Gasteiger partial charge on any atom is 0.136 e. The molecule has 0 spiro atoms. The summed E-state index contributed by atoms with van der Waals surface area (Å²) in [6.07, 6.45) is 8.04. The zero-order chi connectivity index (χ0) is 14.2. The van der Waals surface area contributed by atoms with Crippen LogP contribution in [-0.2, 0) is 13.0 Å². The van der Waals surface area contributed by atoms with E-state index in [1.54, 1.807) is 0 Å². The number of aryl methyl sites for hydroxylation is 1. The molecule has 0 unspecified atom stereocenters. The predicted octanol–water partition coefficient (Wildman–Crippen LogP) is 3.42. The third-order valence-electron chi connectivity index (χ3n) is 4.37. The van der Waals surface area contributed by atoms with Crippen molar-refractivity contribution in [2.75, 3.05) is 6.54 Å². The lowest BCUT2D eigenvalue weighted by atomic mass is 9.64. The standard InChI is InChI=1S/C17H25N3/c1-4-15-12-20-11-13(5-6-16(20)19-15)9-18-10-14-7-17(2,3)8-14/h5-6,11-12,14,18H,4,7-10H2,1-3H3. The molecule has 1 saturated carbocycles. The van der Waals surface area contributed by atoms with Crippen LogP contribution in [0.4, 0.5) is 0 Å². The van der Waals surface area contributed by atoms with Crippen molar-refractivity contribution in [2.24, 2.45) is 11.3 Å². The average Bonchev–Trinajstić information content (AvgIpc) is 2.78.